The molecule has 2 aromatic rings. The first kappa shape index (κ1) is 17.1. The molecule has 0 bridgehead atoms. The summed E-state index contributed by atoms with van der Waals surface area (Å²) in [4.78, 5) is 13.0. The number of thioether (sulfide) groups is 1. The molecule has 1 saturated carbocycles. The van der Waals surface area contributed by atoms with Crippen molar-refractivity contribution in [2.45, 2.75) is 23.8 Å². The third kappa shape index (κ3) is 4.63. The maximum absolute atomic E-state index is 11.8. The molecule has 1 unspecified atom stereocenters. The molecule has 1 amide bonds. The van der Waals surface area contributed by atoms with Crippen molar-refractivity contribution >= 4 is 40.8 Å². The van der Waals surface area contributed by atoms with Crippen molar-refractivity contribution in [1.29, 1.82) is 0 Å². The zero-order chi connectivity index (χ0) is 14.7. The molecule has 5 heteroatoms. The Bertz CT molecular complexity index is 645. The van der Waals surface area contributed by atoms with Crippen LogP contribution in [0.25, 0.3) is 10.8 Å². The number of nitrogens with one attached hydrogen (secondary N) is 1. The van der Waals surface area contributed by atoms with E-state index in [-0.39, 0.29) is 24.4 Å². The van der Waals surface area contributed by atoms with Crippen LogP contribution in [0.1, 0.15) is 12.8 Å². The normalized spacial score (nSPS) is 15.1. The van der Waals surface area contributed by atoms with Crippen LogP contribution in [0.5, 0.6) is 0 Å². The van der Waals surface area contributed by atoms with E-state index in [0.717, 1.165) is 4.90 Å². The number of fused-ring (bicyclic) bond motifs is 1. The number of benzene rings is 2. The Morgan fingerprint density at radius 2 is 1.95 bits per heavy atom. The molecule has 0 spiro atoms. The molecular weight excluding hydrogens is 316 g/mol. The molecule has 0 radical (unpaired) electrons. The number of rotatable bonds is 6. The summed E-state index contributed by atoms with van der Waals surface area (Å²) < 4.78 is 0. The lowest BCUT2D eigenvalue weighted by Crippen LogP contribution is -2.39. The smallest absolute Gasteiger partial charge is 0.230 e. The van der Waals surface area contributed by atoms with Crippen LogP contribution in [0, 0.1) is 5.92 Å². The number of hydrogen-bond donors (Lipinski definition) is 2. The highest BCUT2D eigenvalue weighted by Crippen LogP contribution is 2.31. The SMILES string of the molecule is Cl.NC(CNC(=O)CSc1ccc2ccccc2c1)C1CC1. The van der Waals surface area contributed by atoms with E-state index < -0.39 is 0 Å². The van der Waals surface area contributed by atoms with E-state index in [2.05, 4.69) is 35.6 Å². The van der Waals surface area contributed by atoms with Crippen LogP contribution in [0.15, 0.2) is 47.4 Å². The highest BCUT2D eigenvalue weighted by Gasteiger charge is 2.28. The molecule has 2 aromatic carbocycles. The van der Waals surface area contributed by atoms with Gasteiger partial charge < -0.3 is 11.1 Å². The first-order chi connectivity index (χ1) is 10.2. The minimum atomic E-state index is 0. The number of halogens is 1. The highest BCUT2D eigenvalue weighted by atomic mass is 35.5. The van der Waals surface area contributed by atoms with E-state index >= 15 is 0 Å². The maximum atomic E-state index is 11.8. The average Bonchev–Trinajstić information content (AvgIpc) is 3.35. The molecule has 3 N–H and O–H groups in total. The number of carbonyl (C=O) groups excluding carboxylic acids is 1. The number of amides is 1. The van der Waals surface area contributed by atoms with Crippen LogP contribution in [-0.4, -0.2) is 24.2 Å². The Kier molecular flexibility index (Phi) is 6.12. The molecule has 0 aliphatic heterocycles. The van der Waals surface area contributed by atoms with Gasteiger partial charge in [-0.15, -0.1) is 24.2 Å². The number of hydrogen-bond acceptors (Lipinski definition) is 3. The second kappa shape index (κ2) is 7.86. The number of nitrogens with two attached hydrogens (primary N) is 1. The maximum Gasteiger partial charge on any atom is 0.230 e. The van der Waals surface area contributed by atoms with Gasteiger partial charge in [0.1, 0.15) is 0 Å². The molecule has 1 fully saturated rings. The molecule has 0 saturated heterocycles. The highest BCUT2D eigenvalue weighted by molar-refractivity contribution is 8.00. The minimum Gasteiger partial charge on any atom is -0.354 e. The monoisotopic (exact) mass is 336 g/mol. The fraction of sp³-hybridized carbons (Fsp3) is 0.353. The molecule has 118 valence electrons. The van der Waals surface area contributed by atoms with E-state index in [4.69, 9.17) is 5.73 Å². The lowest BCUT2D eigenvalue weighted by molar-refractivity contribution is -0.118. The molecule has 1 aliphatic rings. The molecule has 3 nitrogen and oxygen atoms in total. The van der Waals surface area contributed by atoms with Gasteiger partial charge in [0.25, 0.3) is 0 Å². The van der Waals surface area contributed by atoms with E-state index in [9.17, 15) is 4.79 Å². The van der Waals surface area contributed by atoms with Gasteiger partial charge in [-0.1, -0.05) is 30.3 Å². The van der Waals surface area contributed by atoms with Crippen molar-refractivity contribution in [3.05, 3.63) is 42.5 Å². The summed E-state index contributed by atoms with van der Waals surface area (Å²) >= 11 is 1.57. The first-order valence-electron chi connectivity index (χ1n) is 7.36. The fourth-order valence-electron chi connectivity index (χ4n) is 2.38. The molecule has 0 heterocycles. The van der Waals surface area contributed by atoms with Crippen molar-refractivity contribution in [1.82, 2.24) is 5.32 Å². The molecule has 1 atom stereocenters. The van der Waals surface area contributed by atoms with Crippen LogP contribution in [0.3, 0.4) is 0 Å². The average molecular weight is 337 g/mol. The van der Waals surface area contributed by atoms with E-state index in [1.54, 1.807) is 11.8 Å². The first-order valence-corrected chi connectivity index (χ1v) is 8.35. The third-order valence-electron chi connectivity index (χ3n) is 3.85. The third-order valence-corrected chi connectivity index (χ3v) is 4.85. The van der Waals surface area contributed by atoms with E-state index in [1.807, 2.05) is 12.1 Å². The topological polar surface area (TPSA) is 55.1 Å². The molecule has 1 aliphatic carbocycles. The Balaban J connectivity index is 0.00000176. The van der Waals surface area contributed by atoms with Crippen LogP contribution < -0.4 is 11.1 Å². The molecule has 22 heavy (non-hydrogen) atoms. The van der Waals surface area contributed by atoms with Crippen LogP contribution in [-0.2, 0) is 4.79 Å². The van der Waals surface area contributed by atoms with Crippen molar-refractivity contribution in [3.8, 4) is 0 Å². The minimum absolute atomic E-state index is 0. The second-order valence-electron chi connectivity index (χ2n) is 5.60. The Labute approximate surface area is 141 Å². The zero-order valence-electron chi connectivity index (χ0n) is 12.3. The standard InChI is InChI=1S/C17H20N2OS.ClH/c18-16(13-5-6-13)10-19-17(20)11-21-15-8-7-12-3-1-2-4-14(12)9-15;/h1-4,7-9,13,16H,5-6,10-11,18H2,(H,19,20);1H. The van der Waals surface area contributed by atoms with Crippen LogP contribution in [0.2, 0.25) is 0 Å². The largest absolute Gasteiger partial charge is 0.354 e. The summed E-state index contributed by atoms with van der Waals surface area (Å²) in [6, 6.07) is 14.7. The summed E-state index contributed by atoms with van der Waals surface area (Å²) in [6.07, 6.45) is 2.42. The summed E-state index contributed by atoms with van der Waals surface area (Å²) in [6.45, 7) is 0.599. The van der Waals surface area contributed by atoms with E-state index in [0.29, 0.717) is 18.2 Å². The van der Waals surface area contributed by atoms with Gasteiger partial charge >= 0.3 is 0 Å². The van der Waals surface area contributed by atoms with Gasteiger partial charge in [0.15, 0.2) is 0 Å². The summed E-state index contributed by atoms with van der Waals surface area (Å²) in [5.74, 6) is 1.12. The summed E-state index contributed by atoms with van der Waals surface area (Å²) in [5, 5.41) is 5.36. The number of carbonyl (C=O) groups is 1. The molecular formula is C17H21ClN2OS. The van der Waals surface area contributed by atoms with Crippen LogP contribution >= 0.6 is 24.2 Å². The lowest BCUT2D eigenvalue weighted by Gasteiger charge is -2.11. The summed E-state index contributed by atoms with van der Waals surface area (Å²) in [7, 11) is 0. The Morgan fingerprint density at radius 3 is 2.68 bits per heavy atom. The predicted octanol–water partition coefficient (Wildman–Crippen LogP) is 3.21. The Morgan fingerprint density at radius 1 is 1.23 bits per heavy atom. The lowest BCUT2D eigenvalue weighted by atomic mass is 10.1. The van der Waals surface area contributed by atoms with Gasteiger partial charge in [0.2, 0.25) is 5.91 Å². The van der Waals surface area contributed by atoms with Gasteiger partial charge in [0, 0.05) is 17.5 Å². The van der Waals surface area contributed by atoms with Crippen LogP contribution in [0.4, 0.5) is 0 Å². The zero-order valence-corrected chi connectivity index (χ0v) is 14.0. The van der Waals surface area contributed by atoms with Crippen molar-refractivity contribution in [2.75, 3.05) is 12.3 Å². The van der Waals surface area contributed by atoms with Crippen molar-refractivity contribution in [2.24, 2.45) is 11.7 Å². The quantitative estimate of drug-likeness (QED) is 0.796. The van der Waals surface area contributed by atoms with Gasteiger partial charge in [0.05, 0.1) is 5.75 Å². The molecule has 0 aromatic heterocycles. The fourth-order valence-corrected chi connectivity index (χ4v) is 3.15. The molecule has 3 rings (SSSR count). The second-order valence-corrected chi connectivity index (χ2v) is 6.65. The van der Waals surface area contributed by atoms with Gasteiger partial charge in [-0.3, -0.25) is 4.79 Å². The predicted molar refractivity (Wildman–Crippen MR) is 95.6 cm³/mol. The Hall–Kier alpha value is -1.23. The van der Waals surface area contributed by atoms with Gasteiger partial charge in [-0.25, -0.2) is 0 Å². The summed E-state index contributed by atoms with van der Waals surface area (Å²) in [5.41, 5.74) is 5.98. The van der Waals surface area contributed by atoms with Crippen molar-refractivity contribution in [3.63, 3.8) is 0 Å². The van der Waals surface area contributed by atoms with Crippen molar-refractivity contribution < 1.29 is 4.79 Å². The van der Waals surface area contributed by atoms with Gasteiger partial charge in [-0.2, -0.15) is 0 Å². The van der Waals surface area contributed by atoms with E-state index in [1.165, 1.54) is 23.6 Å². The van der Waals surface area contributed by atoms with Gasteiger partial charge in [-0.05, 0) is 41.7 Å².